The third kappa shape index (κ3) is 4.39. The first kappa shape index (κ1) is 16.3. The van der Waals surface area contributed by atoms with E-state index in [-0.39, 0.29) is 6.54 Å². The smallest absolute Gasteiger partial charge is 0.239 e. The molecule has 0 aliphatic rings. The van der Waals surface area contributed by atoms with E-state index in [2.05, 4.69) is 5.32 Å². The summed E-state index contributed by atoms with van der Waals surface area (Å²) in [5.74, 6) is 0.575. The van der Waals surface area contributed by atoms with E-state index in [0.29, 0.717) is 17.2 Å². The Bertz CT molecular complexity index is 586. The molecule has 0 saturated carbocycles. The molecule has 1 aromatic rings. The van der Waals surface area contributed by atoms with E-state index >= 15 is 0 Å². The van der Waals surface area contributed by atoms with E-state index < -0.39 is 15.9 Å². The third-order valence-electron chi connectivity index (χ3n) is 2.60. The van der Waals surface area contributed by atoms with Crippen LogP contribution in [0.2, 0.25) is 0 Å². The van der Waals surface area contributed by atoms with Crippen molar-refractivity contribution in [2.45, 2.75) is 0 Å². The lowest BCUT2D eigenvalue weighted by molar-refractivity contribution is -0.116. The second-order valence-corrected chi connectivity index (χ2v) is 6.23. The van der Waals surface area contributed by atoms with Crippen LogP contribution < -0.4 is 14.8 Å². The highest BCUT2D eigenvalue weighted by molar-refractivity contribution is 7.88. The fourth-order valence-corrected chi connectivity index (χ4v) is 1.79. The molecule has 0 atom stereocenters. The van der Waals surface area contributed by atoms with Crippen LogP contribution in [0.5, 0.6) is 11.5 Å². The summed E-state index contributed by atoms with van der Waals surface area (Å²) < 4.78 is 33.6. The monoisotopic (exact) mass is 302 g/mol. The Morgan fingerprint density at radius 2 is 1.85 bits per heavy atom. The van der Waals surface area contributed by atoms with E-state index in [4.69, 9.17) is 9.47 Å². The van der Waals surface area contributed by atoms with Crippen molar-refractivity contribution in [2.24, 2.45) is 0 Å². The number of likely N-dealkylation sites (N-methyl/N-ethyl adjacent to an activating group) is 1. The first-order valence-corrected chi connectivity index (χ1v) is 7.56. The molecule has 8 heteroatoms. The first-order valence-electron chi connectivity index (χ1n) is 5.71. The van der Waals surface area contributed by atoms with Crippen LogP contribution in [0.15, 0.2) is 18.2 Å². The Hall–Kier alpha value is -1.80. The van der Waals surface area contributed by atoms with E-state index in [0.717, 1.165) is 10.6 Å². The van der Waals surface area contributed by atoms with Crippen molar-refractivity contribution in [3.63, 3.8) is 0 Å². The number of rotatable bonds is 6. The summed E-state index contributed by atoms with van der Waals surface area (Å²) in [6.07, 6.45) is 1.04. The zero-order valence-electron chi connectivity index (χ0n) is 11.8. The lowest BCUT2D eigenvalue weighted by Gasteiger charge is -2.14. The number of anilines is 1. The molecule has 1 N–H and O–H groups in total. The molecule has 0 aliphatic carbocycles. The van der Waals surface area contributed by atoms with Crippen LogP contribution in [0.4, 0.5) is 5.69 Å². The molecule has 112 valence electrons. The van der Waals surface area contributed by atoms with Crippen molar-refractivity contribution in [1.29, 1.82) is 0 Å². The fraction of sp³-hybridized carbons (Fsp3) is 0.417. The summed E-state index contributed by atoms with van der Waals surface area (Å²) in [5.41, 5.74) is 0.495. The average Bonchev–Trinajstić information content (AvgIpc) is 2.37. The van der Waals surface area contributed by atoms with Gasteiger partial charge in [-0.1, -0.05) is 0 Å². The maximum absolute atomic E-state index is 11.7. The normalized spacial score (nSPS) is 11.2. The highest BCUT2D eigenvalue weighted by Crippen LogP contribution is 2.29. The number of methoxy groups -OCH3 is 2. The van der Waals surface area contributed by atoms with Crippen LogP contribution in [0.3, 0.4) is 0 Å². The molecule has 0 bridgehead atoms. The molecule has 0 spiro atoms. The second kappa shape index (κ2) is 6.58. The van der Waals surface area contributed by atoms with Gasteiger partial charge in [-0.25, -0.2) is 8.42 Å². The molecule has 1 aromatic carbocycles. The molecule has 0 radical (unpaired) electrons. The second-order valence-electron chi connectivity index (χ2n) is 4.14. The van der Waals surface area contributed by atoms with Crippen molar-refractivity contribution < 1.29 is 22.7 Å². The number of amides is 1. The minimum Gasteiger partial charge on any atom is -0.493 e. The number of carbonyl (C=O) groups is 1. The Morgan fingerprint density at radius 1 is 1.25 bits per heavy atom. The van der Waals surface area contributed by atoms with Crippen LogP contribution in [0.25, 0.3) is 0 Å². The van der Waals surface area contributed by atoms with Gasteiger partial charge in [-0.2, -0.15) is 4.31 Å². The van der Waals surface area contributed by atoms with Gasteiger partial charge in [0.25, 0.3) is 0 Å². The SMILES string of the molecule is COc1ccc(NC(=O)CN(C)S(C)(=O)=O)cc1OC. The van der Waals surface area contributed by atoms with Crippen LogP contribution in [0, 0.1) is 0 Å². The number of ether oxygens (including phenoxy) is 2. The number of hydrogen-bond donors (Lipinski definition) is 1. The molecule has 1 rings (SSSR count). The predicted octanol–water partition coefficient (Wildman–Crippen LogP) is 0.534. The molecule has 0 aliphatic heterocycles. The Labute approximate surface area is 118 Å². The third-order valence-corrected chi connectivity index (χ3v) is 3.86. The molecular formula is C12H18N2O5S. The number of benzene rings is 1. The first-order chi connectivity index (χ1) is 9.27. The standard InChI is InChI=1S/C12H18N2O5S/c1-14(20(4,16)17)8-12(15)13-9-5-6-10(18-2)11(7-9)19-3/h5-7H,8H2,1-4H3,(H,13,15). The van der Waals surface area contributed by atoms with E-state index in [1.165, 1.54) is 21.3 Å². The predicted molar refractivity (Wildman–Crippen MR) is 75.6 cm³/mol. The average molecular weight is 302 g/mol. The van der Waals surface area contributed by atoms with Crippen LogP contribution in [0.1, 0.15) is 0 Å². The topological polar surface area (TPSA) is 84.9 Å². The number of nitrogens with one attached hydrogen (secondary N) is 1. The van der Waals surface area contributed by atoms with Gasteiger partial charge in [-0.05, 0) is 12.1 Å². The molecule has 0 heterocycles. The maximum Gasteiger partial charge on any atom is 0.239 e. The lowest BCUT2D eigenvalue weighted by atomic mass is 10.2. The van der Waals surface area contributed by atoms with Gasteiger partial charge in [0.2, 0.25) is 15.9 Å². The number of carbonyl (C=O) groups excluding carboxylic acids is 1. The summed E-state index contributed by atoms with van der Waals surface area (Å²) in [7, 11) is 0.949. The van der Waals surface area contributed by atoms with Crippen molar-refractivity contribution in [3.05, 3.63) is 18.2 Å². The lowest BCUT2D eigenvalue weighted by Crippen LogP contribution is -2.34. The van der Waals surface area contributed by atoms with Crippen molar-refractivity contribution >= 4 is 21.6 Å². The van der Waals surface area contributed by atoms with Crippen LogP contribution >= 0.6 is 0 Å². The van der Waals surface area contributed by atoms with Gasteiger partial charge in [-0.3, -0.25) is 4.79 Å². The van der Waals surface area contributed by atoms with Gasteiger partial charge >= 0.3 is 0 Å². The van der Waals surface area contributed by atoms with Crippen molar-refractivity contribution in [1.82, 2.24) is 4.31 Å². The number of hydrogen-bond acceptors (Lipinski definition) is 5. The molecule has 20 heavy (non-hydrogen) atoms. The van der Waals surface area contributed by atoms with Crippen LogP contribution in [-0.4, -0.2) is 52.7 Å². The highest BCUT2D eigenvalue weighted by Gasteiger charge is 2.15. The summed E-state index contributed by atoms with van der Waals surface area (Å²) >= 11 is 0. The minimum absolute atomic E-state index is 0.257. The van der Waals surface area contributed by atoms with E-state index in [1.54, 1.807) is 18.2 Å². The zero-order chi connectivity index (χ0) is 15.3. The zero-order valence-corrected chi connectivity index (χ0v) is 12.7. The molecular weight excluding hydrogens is 284 g/mol. The van der Waals surface area contributed by atoms with Gasteiger partial charge in [-0.15, -0.1) is 0 Å². The molecule has 7 nitrogen and oxygen atoms in total. The summed E-state index contributed by atoms with van der Waals surface area (Å²) in [6, 6.07) is 4.88. The minimum atomic E-state index is -3.39. The Balaban J connectivity index is 2.76. The Morgan fingerprint density at radius 3 is 2.35 bits per heavy atom. The summed E-state index contributed by atoms with van der Waals surface area (Å²) in [4.78, 5) is 11.7. The number of nitrogens with zero attached hydrogens (tertiary/aromatic N) is 1. The van der Waals surface area contributed by atoms with Crippen LogP contribution in [-0.2, 0) is 14.8 Å². The molecule has 0 aromatic heterocycles. The molecule has 0 unspecified atom stereocenters. The quantitative estimate of drug-likeness (QED) is 0.828. The maximum atomic E-state index is 11.7. The van der Waals surface area contributed by atoms with Gasteiger partial charge in [0.15, 0.2) is 11.5 Å². The summed E-state index contributed by atoms with van der Waals surface area (Å²) in [6.45, 7) is -0.257. The molecule has 0 fully saturated rings. The van der Waals surface area contributed by atoms with Crippen molar-refractivity contribution in [2.75, 3.05) is 39.4 Å². The largest absolute Gasteiger partial charge is 0.493 e. The number of sulfonamides is 1. The fourth-order valence-electron chi connectivity index (χ4n) is 1.43. The van der Waals surface area contributed by atoms with E-state index in [9.17, 15) is 13.2 Å². The highest BCUT2D eigenvalue weighted by atomic mass is 32.2. The van der Waals surface area contributed by atoms with Gasteiger partial charge < -0.3 is 14.8 Å². The van der Waals surface area contributed by atoms with Gasteiger partial charge in [0, 0.05) is 18.8 Å². The van der Waals surface area contributed by atoms with Gasteiger partial charge in [0.1, 0.15) is 0 Å². The molecule has 1 amide bonds. The summed E-state index contributed by atoms with van der Waals surface area (Å²) in [5, 5.41) is 2.59. The van der Waals surface area contributed by atoms with Gasteiger partial charge in [0.05, 0.1) is 27.0 Å². The molecule has 0 saturated heterocycles. The van der Waals surface area contributed by atoms with E-state index in [1.807, 2.05) is 0 Å². The Kier molecular flexibility index (Phi) is 5.34. The van der Waals surface area contributed by atoms with Crippen molar-refractivity contribution in [3.8, 4) is 11.5 Å².